The zero-order valence-corrected chi connectivity index (χ0v) is 16.9. The van der Waals surface area contributed by atoms with E-state index in [1.54, 1.807) is 30.5 Å². The smallest absolute Gasteiger partial charge is 0.247 e. The highest BCUT2D eigenvalue weighted by Crippen LogP contribution is 2.49. The first-order valence-electron chi connectivity index (χ1n) is 10.1. The number of primary amides is 1. The topological polar surface area (TPSA) is 89.9 Å². The van der Waals surface area contributed by atoms with Gasteiger partial charge in [0.05, 0.1) is 0 Å². The van der Waals surface area contributed by atoms with E-state index in [0.29, 0.717) is 41.4 Å². The quantitative estimate of drug-likeness (QED) is 0.465. The molecule has 5 rings (SSSR count). The number of pyridine rings is 1. The number of ether oxygens (including phenoxy) is 1. The molecule has 160 valence electrons. The van der Waals surface area contributed by atoms with E-state index in [1.165, 1.54) is 29.2 Å². The predicted molar refractivity (Wildman–Crippen MR) is 116 cm³/mol. The van der Waals surface area contributed by atoms with E-state index in [1.807, 2.05) is 28.9 Å². The highest BCUT2D eigenvalue weighted by Gasteiger charge is 2.57. The van der Waals surface area contributed by atoms with Gasteiger partial charge in [-0.1, -0.05) is 0 Å². The minimum atomic E-state index is -1.22. The summed E-state index contributed by atoms with van der Waals surface area (Å²) >= 11 is 0. The number of hydrogen-bond donors (Lipinski definition) is 1. The van der Waals surface area contributed by atoms with Crippen molar-refractivity contribution in [1.29, 1.82) is 0 Å². The largest absolute Gasteiger partial charge is 0.453 e. The molecule has 1 aliphatic rings. The number of benzene rings is 2. The van der Waals surface area contributed by atoms with E-state index in [0.717, 1.165) is 0 Å². The average molecular weight is 430 g/mol. The van der Waals surface area contributed by atoms with Gasteiger partial charge in [0.1, 0.15) is 17.0 Å². The Bertz CT molecular complexity index is 1310. The number of nitrogens with zero attached hydrogens (tertiary/aromatic N) is 3. The third kappa shape index (κ3) is 3.35. The van der Waals surface area contributed by atoms with Crippen LogP contribution in [0.2, 0.25) is 0 Å². The lowest BCUT2D eigenvalue weighted by molar-refractivity contribution is -0.133. The van der Waals surface area contributed by atoms with Crippen LogP contribution >= 0.6 is 0 Å². The van der Waals surface area contributed by atoms with Gasteiger partial charge in [0.25, 0.3) is 0 Å². The molecule has 1 fully saturated rings. The number of amides is 2. The first-order chi connectivity index (χ1) is 15.5. The molecule has 2 N–H and O–H groups in total. The predicted octanol–water partition coefficient (Wildman–Crippen LogP) is 4.20. The molecule has 0 bridgehead atoms. The highest BCUT2D eigenvalue weighted by molar-refractivity contribution is 6.16. The van der Waals surface area contributed by atoms with Crippen LogP contribution in [0.5, 0.6) is 11.5 Å². The Kier molecular flexibility index (Phi) is 4.62. The van der Waals surface area contributed by atoms with E-state index in [9.17, 15) is 14.0 Å². The molecule has 0 aliphatic heterocycles. The number of hydrogen-bond acceptors (Lipinski definition) is 4. The van der Waals surface area contributed by atoms with E-state index in [-0.39, 0.29) is 0 Å². The number of carbonyl (C=O) groups is 2. The van der Waals surface area contributed by atoms with Gasteiger partial charge in [0.2, 0.25) is 11.8 Å². The maximum absolute atomic E-state index is 13.5. The molecule has 8 heteroatoms. The number of nitrogens with two attached hydrogens (primary N) is 1. The third-order valence-corrected chi connectivity index (χ3v) is 5.63. The highest BCUT2D eigenvalue weighted by atomic mass is 19.1. The van der Waals surface area contributed by atoms with E-state index < -0.39 is 23.0 Å². The van der Waals surface area contributed by atoms with Crippen LogP contribution in [-0.4, -0.2) is 21.2 Å². The van der Waals surface area contributed by atoms with Gasteiger partial charge in [-0.05, 0) is 73.5 Å². The fourth-order valence-corrected chi connectivity index (χ4v) is 3.67. The Morgan fingerprint density at radius 2 is 1.66 bits per heavy atom. The van der Waals surface area contributed by atoms with Crippen molar-refractivity contribution in [2.75, 3.05) is 4.90 Å². The number of fused-ring (bicyclic) bond motifs is 1. The van der Waals surface area contributed by atoms with Crippen molar-refractivity contribution >= 4 is 28.8 Å². The SMILES string of the molecule is NC(=O)C1(C(=O)N(c2ccc(F)cc2)c2ccc(Oc3cccn4ccnc34)cc2)CC1. The summed E-state index contributed by atoms with van der Waals surface area (Å²) in [4.78, 5) is 31.0. The van der Waals surface area contributed by atoms with E-state index in [2.05, 4.69) is 4.98 Å². The van der Waals surface area contributed by atoms with Crippen molar-refractivity contribution in [1.82, 2.24) is 9.38 Å². The van der Waals surface area contributed by atoms with Crippen molar-refractivity contribution in [2.45, 2.75) is 12.8 Å². The second-order valence-corrected chi connectivity index (χ2v) is 7.69. The van der Waals surface area contributed by atoms with Crippen molar-refractivity contribution in [3.05, 3.63) is 85.1 Å². The molecule has 4 aromatic rings. The minimum Gasteiger partial charge on any atom is -0.453 e. The first kappa shape index (κ1) is 19.7. The molecule has 0 atom stereocenters. The molecule has 1 saturated carbocycles. The Labute approximate surface area is 182 Å². The molecule has 0 saturated heterocycles. The molecule has 0 spiro atoms. The second-order valence-electron chi connectivity index (χ2n) is 7.69. The van der Waals surface area contributed by atoms with Gasteiger partial charge >= 0.3 is 0 Å². The third-order valence-electron chi connectivity index (χ3n) is 5.63. The molecular weight excluding hydrogens is 411 g/mol. The van der Waals surface area contributed by atoms with Gasteiger partial charge in [-0.15, -0.1) is 0 Å². The van der Waals surface area contributed by atoms with Crippen LogP contribution in [0, 0.1) is 11.2 Å². The van der Waals surface area contributed by atoms with Crippen LogP contribution < -0.4 is 15.4 Å². The summed E-state index contributed by atoms with van der Waals surface area (Å²) in [6.45, 7) is 0. The summed E-state index contributed by atoms with van der Waals surface area (Å²) in [6, 6.07) is 16.0. The normalized spacial score (nSPS) is 14.2. The fourth-order valence-electron chi connectivity index (χ4n) is 3.67. The summed E-state index contributed by atoms with van der Waals surface area (Å²) in [7, 11) is 0. The Balaban J connectivity index is 1.48. The van der Waals surface area contributed by atoms with Gasteiger partial charge in [0, 0.05) is 30.0 Å². The Morgan fingerprint density at radius 1 is 1.00 bits per heavy atom. The van der Waals surface area contributed by atoms with Gasteiger partial charge < -0.3 is 14.9 Å². The lowest BCUT2D eigenvalue weighted by atomic mass is 10.0. The number of halogens is 1. The fraction of sp³-hybridized carbons (Fsp3) is 0.125. The van der Waals surface area contributed by atoms with Crippen molar-refractivity contribution in [3.63, 3.8) is 0 Å². The average Bonchev–Trinajstić information content (AvgIpc) is 3.47. The second kappa shape index (κ2) is 7.49. The molecular formula is C24H19FN4O3. The summed E-state index contributed by atoms with van der Waals surface area (Å²) in [5, 5.41) is 0. The first-order valence-corrected chi connectivity index (χ1v) is 10.1. The number of rotatable bonds is 6. The van der Waals surface area contributed by atoms with Gasteiger partial charge in [-0.2, -0.15) is 0 Å². The molecule has 1 aliphatic carbocycles. The monoisotopic (exact) mass is 430 g/mol. The van der Waals surface area contributed by atoms with Crippen LogP contribution in [0.25, 0.3) is 5.65 Å². The lowest BCUT2D eigenvalue weighted by Gasteiger charge is -2.26. The summed E-state index contributed by atoms with van der Waals surface area (Å²) in [6.07, 6.45) is 6.17. The molecule has 7 nitrogen and oxygen atoms in total. The number of imidazole rings is 1. The standard InChI is InChI=1S/C24H19FN4O3/c25-16-3-5-17(6-4-16)29(23(31)24(11-12-24)22(26)30)18-7-9-19(10-8-18)32-20-2-1-14-28-15-13-27-21(20)28/h1-10,13-15H,11-12H2,(H2,26,30). The summed E-state index contributed by atoms with van der Waals surface area (Å²) in [5.41, 5.74) is 5.94. The number of aromatic nitrogens is 2. The zero-order valence-electron chi connectivity index (χ0n) is 16.9. The molecule has 2 amide bonds. The van der Waals surface area contributed by atoms with Crippen LogP contribution in [0.1, 0.15) is 12.8 Å². The van der Waals surface area contributed by atoms with Crippen LogP contribution in [0.4, 0.5) is 15.8 Å². The molecule has 0 unspecified atom stereocenters. The van der Waals surface area contributed by atoms with Crippen LogP contribution in [0.15, 0.2) is 79.3 Å². The van der Waals surface area contributed by atoms with Gasteiger partial charge in [-0.3, -0.25) is 14.5 Å². The van der Waals surface area contributed by atoms with Crippen LogP contribution in [-0.2, 0) is 9.59 Å². The van der Waals surface area contributed by atoms with E-state index in [4.69, 9.17) is 10.5 Å². The Morgan fingerprint density at radius 3 is 2.28 bits per heavy atom. The zero-order chi connectivity index (χ0) is 22.3. The maximum Gasteiger partial charge on any atom is 0.247 e. The van der Waals surface area contributed by atoms with Crippen LogP contribution in [0.3, 0.4) is 0 Å². The molecule has 32 heavy (non-hydrogen) atoms. The van der Waals surface area contributed by atoms with E-state index >= 15 is 0 Å². The van der Waals surface area contributed by atoms with Gasteiger partial charge in [-0.25, -0.2) is 9.37 Å². The summed E-state index contributed by atoms with van der Waals surface area (Å²) < 4.78 is 21.3. The minimum absolute atomic E-state index is 0.397. The lowest BCUT2D eigenvalue weighted by Crippen LogP contribution is -2.41. The summed E-state index contributed by atoms with van der Waals surface area (Å²) in [5.74, 6) is -0.362. The molecule has 0 radical (unpaired) electrons. The number of carbonyl (C=O) groups excluding carboxylic acids is 2. The molecule has 2 aromatic carbocycles. The number of anilines is 2. The van der Waals surface area contributed by atoms with Gasteiger partial charge in [0.15, 0.2) is 11.4 Å². The molecule has 2 aromatic heterocycles. The van der Waals surface area contributed by atoms with Crippen molar-refractivity contribution in [3.8, 4) is 11.5 Å². The van der Waals surface area contributed by atoms with Crippen molar-refractivity contribution in [2.24, 2.45) is 11.1 Å². The Hall–Kier alpha value is -4.20. The maximum atomic E-state index is 13.5. The van der Waals surface area contributed by atoms with Crippen molar-refractivity contribution < 1.29 is 18.7 Å². The molecule has 2 heterocycles.